The van der Waals surface area contributed by atoms with E-state index in [0.717, 1.165) is 11.1 Å². The van der Waals surface area contributed by atoms with Crippen LogP contribution in [0.5, 0.6) is 0 Å². The van der Waals surface area contributed by atoms with Gasteiger partial charge in [0.2, 0.25) is 11.8 Å². The van der Waals surface area contributed by atoms with E-state index in [0.29, 0.717) is 18.5 Å². The summed E-state index contributed by atoms with van der Waals surface area (Å²) in [4.78, 5) is 27.7. The van der Waals surface area contributed by atoms with Crippen molar-refractivity contribution in [3.8, 4) is 0 Å². The van der Waals surface area contributed by atoms with Crippen LogP contribution < -0.4 is 5.32 Å². The number of nitrogens with one attached hydrogen (secondary N) is 1. The maximum absolute atomic E-state index is 14.1. The van der Waals surface area contributed by atoms with Crippen molar-refractivity contribution in [1.82, 2.24) is 10.2 Å². The van der Waals surface area contributed by atoms with Gasteiger partial charge in [0.25, 0.3) is 0 Å². The number of nitrogens with zero attached hydrogens (tertiary/aromatic N) is 1. The molecule has 2 amide bonds. The molecule has 0 fully saturated rings. The van der Waals surface area contributed by atoms with Crippen LogP contribution in [-0.4, -0.2) is 28.3 Å². The summed E-state index contributed by atoms with van der Waals surface area (Å²) in [5, 5.41) is 2.97. The predicted octanol–water partition coefficient (Wildman–Crippen LogP) is 4.40. The third-order valence-corrected chi connectivity index (χ3v) is 4.66. The first-order valence-electron chi connectivity index (χ1n) is 10.0. The van der Waals surface area contributed by atoms with Crippen LogP contribution in [-0.2, 0) is 22.6 Å². The van der Waals surface area contributed by atoms with Gasteiger partial charge in [-0.25, -0.2) is 4.39 Å². The fourth-order valence-electron chi connectivity index (χ4n) is 3.17. The van der Waals surface area contributed by atoms with E-state index in [1.807, 2.05) is 58.9 Å². The zero-order valence-electron chi connectivity index (χ0n) is 18.0. The second-order valence-corrected chi connectivity index (χ2v) is 8.44. The van der Waals surface area contributed by atoms with Crippen LogP contribution in [0.25, 0.3) is 0 Å². The van der Waals surface area contributed by atoms with Gasteiger partial charge in [-0.2, -0.15) is 0 Å². The van der Waals surface area contributed by atoms with Crippen molar-refractivity contribution in [3.63, 3.8) is 0 Å². The lowest BCUT2D eigenvalue weighted by atomic mass is 10.0. The molecule has 29 heavy (non-hydrogen) atoms. The lowest BCUT2D eigenvalue weighted by Gasteiger charge is -2.33. The number of amides is 2. The highest BCUT2D eigenvalue weighted by Gasteiger charge is 2.30. The summed E-state index contributed by atoms with van der Waals surface area (Å²) in [5.41, 5.74) is 1.97. The summed E-state index contributed by atoms with van der Waals surface area (Å²) in [6.07, 6.45) is 0.384. The summed E-state index contributed by atoms with van der Waals surface area (Å²) >= 11 is 0. The van der Waals surface area contributed by atoms with Crippen molar-refractivity contribution in [2.45, 2.75) is 65.6 Å². The maximum atomic E-state index is 14.1. The second kappa shape index (κ2) is 9.68. The van der Waals surface area contributed by atoms with Gasteiger partial charge < -0.3 is 10.2 Å². The SMILES string of the molecule is CCC(C(=O)NC(C)(C)C)N(Cc1ccc(C)cc1)C(=O)Cc1ccccc1F. The Hall–Kier alpha value is -2.69. The van der Waals surface area contributed by atoms with E-state index in [9.17, 15) is 14.0 Å². The van der Waals surface area contributed by atoms with E-state index in [-0.39, 0.29) is 18.2 Å². The minimum atomic E-state index is -0.630. The Kier molecular flexibility index (Phi) is 7.54. The molecule has 0 aliphatic carbocycles. The van der Waals surface area contributed by atoms with Gasteiger partial charge in [0.15, 0.2) is 0 Å². The van der Waals surface area contributed by atoms with Crippen LogP contribution in [0.15, 0.2) is 48.5 Å². The van der Waals surface area contributed by atoms with Crippen molar-refractivity contribution in [2.75, 3.05) is 0 Å². The molecule has 0 aliphatic rings. The first-order valence-corrected chi connectivity index (χ1v) is 10.0. The lowest BCUT2D eigenvalue weighted by Crippen LogP contribution is -2.53. The topological polar surface area (TPSA) is 49.4 Å². The molecule has 0 radical (unpaired) electrons. The first-order chi connectivity index (χ1) is 13.6. The van der Waals surface area contributed by atoms with E-state index < -0.39 is 17.4 Å². The molecule has 0 bridgehead atoms. The molecule has 0 heterocycles. The van der Waals surface area contributed by atoms with Gasteiger partial charge in [-0.3, -0.25) is 9.59 Å². The summed E-state index contributed by atoms with van der Waals surface area (Å²) in [7, 11) is 0. The molecule has 4 nitrogen and oxygen atoms in total. The van der Waals surface area contributed by atoms with E-state index in [1.54, 1.807) is 23.1 Å². The minimum absolute atomic E-state index is 0.0855. The Balaban J connectivity index is 2.32. The first kappa shape index (κ1) is 22.6. The lowest BCUT2D eigenvalue weighted by molar-refractivity contribution is -0.141. The molecule has 2 rings (SSSR count). The number of hydrogen-bond acceptors (Lipinski definition) is 2. The van der Waals surface area contributed by atoms with Crippen LogP contribution >= 0.6 is 0 Å². The number of carbonyl (C=O) groups excluding carboxylic acids is 2. The van der Waals surface area contributed by atoms with Crippen molar-refractivity contribution in [3.05, 3.63) is 71.0 Å². The quantitative estimate of drug-likeness (QED) is 0.752. The van der Waals surface area contributed by atoms with Crippen molar-refractivity contribution < 1.29 is 14.0 Å². The van der Waals surface area contributed by atoms with Gasteiger partial charge in [-0.1, -0.05) is 55.0 Å². The molecule has 0 saturated carbocycles. The standard InChI is InChI=1S/C24H31FN2O2/c1-6-21(23(29)26-24(3,4)5)27(16-18-13-11-17(2)12-14-18)22(28)15-19-9-7-8-10-20(19)25/h7-14,21H,6,15-16H2,1-5H3,(H,26,29). The third-order valence-electron chi connectivity index (χ3n) is 4.66. The Morgan fingerprint density at radius 1 is 1.07 bits per heavy atom. The molecule has 0 aliphatic heterocycles. The molecule has 1 atom stereocenters. The monoisotopic (exact) mass is 398 g/mol. The molecule has 2 aromatic rings. The highest BCUT2D eigenvalue weighted by molar-refractivity contribution is 5.88. The fraction of sp³-hybridized carbons (Fsp3) is 0.417. The molecular formula is C24H31FN2O2. The zero-order chi connectivity index (χ0) is 21.6. The van der Waals surface area contributed by atoms with Gasteiger partial charge in [-0.15, -0.1) is 0 Å². The van der Waals surface area contributed by atoms with E-state index in [4.69, 9.17) is 0 Å². The van der Waals surface area contributed by atoms with Gasteiger partial charge in [0, 0.05) is 12.1 Å². The molecule has 0 spiro atoms. The van der Waals surface area contributed by atoms with Crippen LogP contribution in [0, 0.1) is 12.7 Å². The Morgan fingerprint density at radius 3 is 2.24 bits per heavy atom. The molecule has 2 aromatic carbocycles. The number of halogens is 1. The van der Waals surface area contributed by atoms with E-state index in [2.05, 4.69) is 5.32 Å². The number of carbonyl (C=O) groups is 2. The third kappa shape index (κ3) is 6.70. The molecule has 1 N–H and O–H groups in total. The molecule has 1 unspecified atom stereocenters. The number of hydrogen-bond donors (Lipinski definition) is 1. The Labute approximate surface area is 173 Å². The minimum Gasteiger partial charge on any atom is -0.350 e. The molecular weight excluding hydrogens is 367 g/mol. The highest BCUT2D eigenvalue weighted by atomic mass is 19.1. The van der Waals surface area contributed by atoms with E-state index in [1.165, 1.54) is 6.07 Å². The van der Waals surface area contributed by atoms with Crippen molar-refractivity contribution in [2.24, 2.45) is 0 Å². The predicted molar refractivity (Wildman–Crippen MR) is 114 cm³/mol. The summed E-state index contributed by atoms with van der Waals surface area (Å²) < 4.78 is 14.1. The largest absolute Gasteiger partial charge is 0.350 e. The van der Waals surface area contributed by atoms with Crippen LogP contribution in [0.4, 0.5) is 4.39 Å². The van der Waals surface area contributed by atoms with Gasteiger partial charge in [0.1, 0.15) is 11.9 Å². The summed E-state index contributed by atoms with van der Waals surface area (Å²) in [6, 6.07) is 13.5. The van der Waals surface area contributed by atoms with Gasteiger partial charge in [-0.05, 0) is 51.3 Å². The molecule has 156 valence electrons. The summed E-state index contributed by atoms with van der Waals surface area (Å²) in [5.74, 6) is -0.885. The number of benzene rings is 2. The normalized spacial score (nSPS) is 12.3. The van der Waals surface area contributed by atoms with Crippen molar-refractivity contribution >= 4 is 11.8 Å². The van der Waals surface area contributed by atoms with Gasteiger partial charge >= 0.3 is 0 Å². The maximum Gasteiger partial charge on any atom is 0.243 e. The summed E-state index contributed by atoms with van der Waals surface area (Å²) in [6.45, 7) is 9.89. The number of rotatable bonds is 7. The van der Waals surface area contributed by atoms with Crippen LogP contribution in [0.3, 0.4) is 0 Å². The second-order valence-electron chi connectivity index (χ2n) is 8.44. The molecule has 0 saturated heterocycles. The average molecular weight is 399 g/mol. The fourth-order valence-corrected chi connectivity index (χ4v) is 3.17. The Morgan fingerprint density at radius 2 is 1.69 bits per heavy atom. The van der Waals surface area contributed by atoms with Crippen molar-refractivity contribution in [1.29, 1.82) is 0 Å². The molecule has 0 aromatic heterocycles. The zero-order valence-corrected chi connectivity index (χ0v) is 18.0. The van der Waals surface area contributed by atoms with Crippen LogP contribution in [0.2, 0.25) is 0 Å². The Bertz CT molecular complexity index is 841. The van der Waals surface area contributed by atoms with E-state index >= 15 is 0 Å². The van der Waals surface area contributed by atoms with Crippen LogP contribution in [0.1, 0.15) is 50.8 Å². The highest BCUT2D eigenvalue weighted by Crippen LogP contribution is 2.17. The smallest absolute Gasteiger partial charge is 0.243 e. The number of aryl methyl sites for hydroxylation is 1. The average Bonchev–Trinajstić information content (AvgIpc) is 2.63. The molecule has 5 heteroatoms. The van der Waals surface area contributed by atoms with Gasteiger partial charge in [0.05, 0.1) is 6.42 Å².